The summed E-state index contributed by atoms with van der Waals surface area (Å²) in [5.41, 5.74) is 6.07. The largest absolute Gasteiger partial charge is 0.477 e. The Hall–Kier alpha value is -0.960. The zero-order chi connectivity index (χ0) is 11.3. The second kappa shape index (κ2) is 5.81. The maximum Gasteiger partial charge on any atom is 0.232 e. The van der Waals surface area contributed by atoms with Crippen molar-refractivity contribution in [1.29, 1.82) is 0 Å². The van der Waals surface area contributed by atoms with E-state index in [4.69, 9.17) is 22.1 Å². The molecule has 1 heterocycles. The fraction of sp³-hybridized carbons (Fsp3) is 0.545. The number of anilines is 1. The van der Waals surface area contributed by atoms with Crippen LogP contribution in [0.25, 0.3) is 0 Å². The molecule has 0 fully saturated rings. The molecule has 2 N–H and O–H groups in total. The van der Waals surface area contributed by atoms with Crippen LogP contribution in [0.5, 0.6) is 5.88 Å². The van der Waals surface area contributed by atoms with Crippen LogP contribution in [0.15, 0.2) is 12.3 Å². The molecule has 0 saturated heterocycles. The number of nitrogens with zero attached hydrogens (tertiary/aromatic N) is 1. The Kier molecular flexibility index (Phi) is 4.69. The molecule has 0 unspecified atom stereocenters. The van der Waals surface area contributed by atoms with Crippen LogP contribution in [-0.2, 0) is 0 Å². The molecule has 1 aromatic heterocycles. The number of rotatable bonds is 5. The van der Waals surface area contributed by atoms with Crippen molar-refractivity contribution in [3.63, 3.8) is 0 Å². The quantitative estimate of drug-likeness (QED) is 0.788. The summed E-state index contributed by atoms with van der Waals surface area (Å²) >= 11 is 5.90. The molecule has 4 heteroatoms. The number of hydrogen-bond donors (Lipinski definition) is 1. The monoisotopic (exact) mass is 228 g/mol. The molecule has 0 aliphatic rings. The first-order valence-electron chi connectivity index (χ1n) is 5.13. The lowest BCUT2D eigenvalue weighted by atomic mass is 10.1. The summed E-state index contributed by atoms with van der Waals surface area (Å²) in [5.74, 6) is 1.16. The summed E-state index contributed by atoms with van der Waals surface area (Å²) in [6.45, 7) is 5.03. The zero-order valence-electron chi connectivity index (χ0n) is 9.16. The van der Waals surface area contributed by atoms with Crippen molar-refractivity contribution in [2.75, 3.05) is 12.3 Å². The predicted octanol–water partition coefficient (Wildman–Crippen LogP) is 3.13. The summed E-state index contributed by atoms with van der Waals surface area (Å²) in [6.07, 6.45) is 3.70. The van der Waals surface area contributed by atoms with Gasteiger partial charge in [0.25, 0.3) is 0 Å². The van der Waals surface area contributed by atoms with Crippen molar-refractivity contribution in [2.45, 2.75) is 26.7 Å². The lowest BCUT2D eigenvalue weighted by Crippen LogP contribution is -2.02. The molecule has 0 saturated carbocycles. The number of halogens is 1. The minimum absolute atomic E-state index is 0.467. The Balaban J connectivity index is 2.37. The lowest BCUT2D eigenvalue weighted by molar-refractivity contribution is 0.287. The molecule has 0 radical (unpaired) electrons. The number of nitrogens with two attached hydrogens (primary N) is 1. The molecule has 15 heavy (non-hydrogen) atoms. The number of pyridine rings is 1. The van der Waals surface area contributed by atoms with E-state index >= 15 is 0 Å². The maximum atomic E-state index is 5.90. The van der Waals surface area contributed by atoms with Gasteiger partial charge < -0.3 is 10.5 Å². The van der Waals surface area contributed by atoms with Gasteiger partial charge in [0.2, 0.25) is 5.88 Å². The Morgan fingerprint density at radius 1 is 1.53 bits per heavy atom. The van der Waals surface area contributed by atoms with Gasteiger partial charge in [-0.1, -0.05) is 25.4 Å². The smallest absolute Gasteiger partial charge is 0.232 e. The Morgan fingerprint density at radius 2 is 2.27 bits per heavy atom. The van der Waals surface area contributed by atoms with Gasteiger partial charge >= 0.3 is 0 Å². The molecule has 0 aliphatic heterocycles. The molecule has 0 spiro atoms. The third kappa shape index (κ3) is 4.38. The molecule has 0 bridgehead atoms. The van der Waals surface area contributed by atoms with Crippen LogP contribution in [0.2, 0.25) is 5.02 Å². The molecule has 84 valence electrons. The van der Waals surface area contributed by atoms with Crippen molar-refractivity contribution < 1.29 is 4.74 Å². The van der Waals surface area contributed by atoms with Gasteiger partial charge in [-0.2, -0.15) is 0 Å². The third-order valence-electron chi connectivity index (χ3n) is 1.99. The topological polar surface area (TPSA) is 48.1 Å². The second-order valence-electron chi connectivity index (χ2n) is 3.94. The first-order valence-corrected chi connectivity index (χ1v) is 5.51. The first-order chi connectivity index (χ1) is 7.09. The van der Waals surface area contributed by atoms with Gasteiger partial charge in [0, 0.05) is 0 Å². The molecule has 1 aromatic rings. The van der Waals surface area contributed by atoms with E-state index in [0.717, 1.165) is 12.8 Å². The van der Waals surface area contributed by atoms with Crippen molar-refractivity contribution in [1.82, 2.24) is 4.98 Å². The van der Waals surface area contributed by atoms with Crippen LogP contribution in [0.4, 0.5) is 5.69 Å². The first kappa shape index (κ1) is 12.1. The van der Waals surface area contributed by atoms with E-state index in [-0.39, 0.29) is 0 Å². The van der Waals surface area contributed by atoms with E-state index in [9.17, 15) is 0 Å². The second-order valence-corrected chi connectivity index (χ2v) is 4.35. The van der Waals surface area contributed by atoms with Gasteiger partial charge in [0.05, 0.1) is 18.5 Å². The van der Waals surface area contributed by atoms with E-state index in [1.54, 1.807) is 12.3 Å². The maximum absolute atomic E-state index is 5.90. The van der Waals surface area contributed by atoms with Gasteiger partial charge in [-0.05, 0) is 24.8 Å². The number of hydrogen-bond acceptors (Lipinski definition) is 3. The van der Waals surface area contributed by atoms with Gasteiger partial charge in [-0.25, -0.2) is 4.98 Å². The van der Waals surface area contributed by atoms with Crippen LogP contribution in [0, 0.1) is 5.92 Å². The van der Waals surface area contributed by atoms with Crippen molar-refractivity contribution >= 4 is 17.3 Å². The van der Waals surface area contributed by atoms with Crippen LogP contribution in [0.1, 0.15) is 26.7 Å². The minimum atomic E-state index is 0.467. The fourth-order valence-corrected chi connectivity index (χ4v) is 1.44. The summed E-state index contributed by atoms with van der Waals surface area (Å²) in [6, 6.07) is 1.65. The van der Waals surface area contributed by atoms with E-state index < -0.39 is 0 Å². The van der Waals surface area contributed by atoms with E-state index in [1.165, 1.54) is 0 Å². The highest BCUT2D eigenvalue weighted by Gasteiger charge is 2.03. The van der Waals surface area contributed by atoms with Crippen molar-refractivity contribution in [3.05, 3.63) is 17.3 Å². The van der Waals surface area contributed by atoms with Crippen LogP contribution in [-0.4, -0.2) is 11.6 Å². The molecular formula is C11H17ClN2O. The Labute approximate surface area is 95.6 Å². The highest BCUT2D eigenvalue weighted by atomic mass is 35.5. The Bertz CT molecular complexity index is 315. The number of nitrogen functional groups attached to an aromatic ring is 1. The average Bonchev–Trinajstić information content (AvgIpc) is 2.14. The Morgan fingerprint density at radius 3 is 2.87 bits per heavy atom. The third-order valence-corrected chi connectivity index (χ3v) is 2.26. The zero-order valence-corrected chi connectivity index (χ0v) is 9.92. The standard InChI is InChI=1S/C11H17ClN2O/c1-8(2)4-3-5-15-11-10(12)6-9(13)7-14-11/h6-8H,3-5,13H2,1-2H3. The molecule has 1 rings (SSSR count). The van der Waals surface area contributed by atoms with Gasteiger partial charge in [0.15, 0.2) is 0 Å². The van der Waals surface area contributed by atoms with Crippen molar-refractivity contribution in [3.8, 4) is 5.88 Å². The average molecular weight is 229 g/mol. The summed E-state index contributed by atoms with van der Waals surface area (Å²) in [5, 5.41) is 0.472. The fourth-order valence-electron chi connectivity index (χ4n) is 1.21. The number of aromatic nitrogens is 1. The van der Waals surface area contributed by atoms with E-state index in [0.29, 0.717) is 29.1 Å². The van der Waals surface area contributed by atoms with Gasteiger partial charge in [-0.3, -0.25) is 0 Å². The minimum Gasteiger partial charge on any atom is -0.477 e. The summed E-state index contributed by atoms with van der Waals surface area (Å²) in [7, 11) is 0. The lowest BCUT2D eigenvalue weighted by Gasteiger charge is -2.08. The predicted molar refractivity (Wildman–Crippen MR) is 63.2 cm³/mol. The summed E-state index contributed by atoms with van der Waals surface area (Å²) < 4.78 is 5.44. The molecular weight excluding hydrogens is 212 g/mol. The van der Waals surface area contributed by atoms with Crippen LogP contribution >= 0.6 is 11.6 Å². The molecule has 3 nitrogen and oxygen atoms in total. The normalized spacial score (nSPS) is 10.7. The SMILES string of the molecule is CC(C)CCCOc1ncc(N)cc1Cl. The van der Waals surface area contributed by atoms with Crippen LogP contribution in [0.3, 0.4) is 0 Å². The van der Waals surface area contributed by atoms with E-state index in [1.807, 2.05) is 0 Å². The summed E-state index contributed by atoms with van der Waals surface area (Å²) in [4.78, 5) is 4.02. The van der Waals surface area contributed by atoms with Crippen molar-refractivity contribution in [2.24, 2.45) is 5.92 Å². The molecule has 0 amide bonds. The van der Waals surface area contributed by atoms with Crippen LogP contribution < -0.4 is 10.5 Å². The highest BCUT2D eigenvalue weighted by Crippen LogP contribution is 2.23. The van der Waals surface area contributed by atoms with Gasteiger partial charge in [0.1, 0.15) is 5.02 Å². The molecule has 0 aliphatic carbocycles. The molecule has 0 aromatic carbocycles. The molecule has 0 atom stereocenters. The number of ether oxygens (including phenoxy) is 1. The highest BCUT2D eigenvalue weighted by molar-refractivity contribution is 6.32. The van der Waals surface area contributed by atoms with Gasteiger partial charge in [-0.15, -0.1) is 0 Å². The van der Waals surface area contributed by atoms with E-state index in [2.05, 4.69) is 18.8 Å².